The number of carbonyl (C=O) groups excluding carboxylic acids is 2. The molecule has 1 aromatic heterocycles. The van der Waals surface area contributed by atoms with E-state index >= 15 is 0 Å². The second-order valence-corrected chi connectivity index (χ2v) is 6.30. The molecule has 3 aromatic rings. The number of rotatable bonds is 6. The molecule has 2 aromatic carbocycles. The van der Waals surface area contributed by atoms with Crippen LogP contribution in [0.5, 0.6) is 0 Å². The van der Waals surface area contributed by atoms with Crippen molar-refractivity contribution < 1.29 is 9.59 Å². The van der Waals surface area contributed by atoms with Gasteiger partial charge in [0.2, 0.25) is 11.8 Å². The maximum absolute atomic E-state index is 12.0. The van der Waals surface area contributed by atoms with E-state index in [0.29, 0.717) is 27.4 Å². The number of halogens is 1. The molecule has 0 bridgehead atoms. The largest absolute Gasteiger partial charge is 0.347 e. The predicted molar refractivity (Wildman–Crippen MR) is 104 cm³/mol. The average Bonchev–Trinajstić information content (AvgIpc) is 2.66. The zero-order chi connectivity index (χ0) is 19.2. The summed E-state index contributed by atoms with van der Waals surface area (Å²) >= 11 is 5.78. The van der Waals surface area contributed by atoms with E-state index in [1.165, 1.54) is 0 Å². The lowest BCUT2D eigenvalue weighted by Crippen LogP contribution is -2.33. The first-order valence-electron chi connectivity index (χ1n) is 8.31. The Balaban J connectivity index is 1.49. The van der Waals surface area contributed by atoms with Gasteiger partial charge in [-0.1, -0.05) is 23.7 Å². The normalized spacial score (nSPS) is 10.6. The molecule has 2 amide bonds. The van der Waals surface area contributed by atoms with E-state index in [1.54, 1.807) is 48.5 Å². The van der Waals surface area contributed by atoms with Gasteiger partial charge < -0.3 is 15.6 Å². The van der Waals surface area contributed by atoms with Crippen molar-refractivity contribution in [2.45, 2.75) is 12.8 Å². The first kappa shape index (κ1) is 18.6. The van der Waals surface area contributed by atoms with E-state index in [0.717, 1.165) is 0 Å². The average molecular weight is 385 g/mol. The van der Waals surface area contributed by atoms with Crippen molar-refractivity contribution in [3.8, 4) is 0 Å². The number of aryl methyl sites for hydroxylation is 1. The van der Waals surface area contributed by atoms with Gasteiger partial charge in [0.1, 0.15) is 5.82 Å². The lowest BCUT2D eigenvalue weighted by molar-refractivity contribution is -0.124. The highest BCUT2D eigenvalue weighted by Crippen LogP contribution is 2.13. The molecule has 27 heavy (non-hydrogen) atoms. The maximum atomic E-state index is 12.0. The second-order valence-electron chi connectivity index (χ2n) is 5.86. The summed E-state index contributed by atoms with van der Waals surface area (Å²) in [6, 6.07) is 13.7. The van der Waals surface area contributed by atoms with Gasteiger partial charge >= 0.3 is 0 Å². The summed E-state index contributed by atoms with van der Waals surface area (Å²) in [4.78, 5) is 42.8. The minimum Gasteiger partial charge on any atom is -0.347 e. The molecule has 3 rings (SSSR count). The van der Waals surface area contributed by atoms with E-state index < -0.39 is 0 Å². The monoisotopic (exact) mass is 384 g/mol. The number of fused-ring (bicyclic) bond motifs is 1. The van der Waals surface area contributed by atoms with Gasteiger partial charge in [0.15, 0.2) is 0 Å². The number of aromatic nitrogens is 2. The van der Waals surface area contributed by atoms with Crippen LogP contribution in [0, 0.1) is 0 Å². The number of aromatic amines is 1. The summed E-state index contributed by atoms with van der Waals surface area (Å²) in [5.74, 6) is -0.223. The van der Waals surface area contributed by atoms with Crippen LogP contribution >= 0.6 is 11.6 Å². The number of para-hydroxylation sites is 1. The number of benzene rings is 2. The molecule has 0 fully saturated rings. The summed E-state index contributed by atoms with van der Waals surface area (Å²) in [6.07, 6.45) is 0.375. The Morgan fingerprint density at radius 3 is 2.56 bits per heavy atom. The molecule has 0 aliphatic rings. The number of hydrogen-bond acceptors (Lipinski definition) is 4. The van der Waals surface area contributed by atoms with Crippen LogP contribution in [0.25, 0.3) is 10.9 Å². The van der Waals surface area contributed by atoms with E-state index in [-0.39, 0.29) is 36.8 Å². The van der Waals surface area contributed by atoms with Crippen LogP contribution in [0.3, 0.4) is 0 Å². The molecule has 0 radical (unpaired) electrons. The van der Waals surface area contributed by atoms with Crippen molar-refractivity contribution in [2.24, 2.45) is 0 Å². The zero-order valence-electron chi connectivity index (χ0n) is 14.3. The van der Waals surface area contributed by atoms with Crippen molar-refractivity contribution in [2.75, 3.05) is 11.9 Å². The van der Waals surface area contributed by atoms with Crippen LogP contribution in [0.4, 0.5) is 5.69 Å². The number of nitrogens with one attached hydrogen (secondary N) is 3. The van der Waals surface area contributed by atoms with Crippen molar-refractivity contribution in [1.29, 1.82) is 0 Å². The molecule has 7 nitrogen and oxygen atoms in total. The van der Waals surface area contributed by atoms with Crippen LogP contribution in [0.15, 0.2) is 53.3 Å². The second kappa shape index (κ2) is 8.46. The fourth-order valence-electron chi connectivity index (χ4n) is 2.49. The SMILES string of the molecule is O=C(CCc1nc2ccccc2c(=O)[nH]1)NCC(=O)Nc1ccc(Cl)cc1. The molecule has 0 aliphatic carbocycles. The fourth-order valence-corrected chi connectivity index (χ4v) is 2.62. The van der Waals surface area contributed by atoms with Gasteiger partial charge in [0.25, 0.3) is 5.56 Å². The molecule has 0 unspecified atom stereocenters. The Labute approximate surface area is 159 Å². The molecule has 8 heteroatoms. The van der Waals surface area contributed by atoms with Gasteiger partial charge in [0.05, 0.1) is 17.4 Å². The Bertz CT molecular complexity index is 1030. The maximum Gasteiger partial charge on any atom is 0.258 e. The quantitative estimate of drug-likeness (QED) is 0.606. The molecular formula is C19H17ClN4O3. The van der Waals surface area contributed by atoms with Gasteiger partial charge in [-0.2, -0.15) is 0 Å². The third kappa shape index (κ3) is 5.15. The van der Waals surface area contributed by atoms with Gasteiger partial charge in [-0.25, -0.2) is 4.98 Å². The highest BCUT2D eigenvalue weighted by Gasteiger charge is 2.09. The van der Waals surface area contributed by atoms with Crippen LogP contribution in [0.1, 0.15) is 12.2 Å². The highest BCUT2D eigenvalue weighted by molar-refractivity contribution is 6.30. The molecule has 3 N–H and O–H groups in total. The minimum atomic E-state index is -0.345. The first-order valence-corrected chi connectivity index (χ1v) is 8.69. The van der Waals surface area contributed by atoms with E-state index in [2.05, 4.69) is 20.6 Å². The highest BCUT2D eigenvalue weighted by atomic mass is 35.5. The Morgan fingerprint density at radius 2 is 1.78 bits per heavy atom. The minimum absolute atomic E-state index is 0.107. The summed E-state index contributed by atoms with van der Waals surface area (Å²) in [5, 5.41) is 6.27. The van der Waals surface area contributed by atoms with Crippen LogP contribution in [0.2, 0.25) is 5.02 Å². The molecule has 138 valence electrons. The molecular weight excluding hydrogens is 368 g/mol. The van der Waals surface area contributed by atoms with Crippen LogP contribution in [-0.4, -0.2) is 28.3 Å². The van der Waals surface area contributed by atoms with Gasteiger partial charge in [-0.15, -0.1) is 0 Å². The summed E-state index contributed by atoms with van der Waals surface area (Å²) in [5.41, 5.74) is 0.939. The number of carbonyl (C=O) groups is 2. The Hall–Kier alpha value is -3.19. The number of anilines is 1. The predicted octanol–water partition coefficient (Wildman–Crippen LogP) is 2.26. The molecule has 0 spiro atoms. The number of hydrogen-bond donors (Lipinski definition) is 3. The van der Waals surface area contributed by atoms with Crippen molar-refractivity contribution in [1.82, 2.24) is 15.3 Å². The van der Waals surface area contributed by atoms with Gasteiger partial charge in [0, 0.05) is 23.6 Å². The molecule has 0 aliphatic heterocycles. The topological polar surface area (TPSA) is 104 Å². The summed E-state index contributed by atoms with van der Waals surface area (Å²) in [6.45, 7) is -0.150. The van der Waals surface area contributed by atoms with Crippen LogP contribution in [-0.2, 0) is 16.0 Å². The fraction of sp³-hybridized carbons (Fsp3) is 0.158. The van der Waals surface area contributed by atoms with E-state index in [9.17, 15) is 14.4 Å². The third-order valence-corrected chi connectivity index (χ3v) is 4.08. The molecule has 0 saturated carbocycles. The first-order chi connectivity index (χ1) is 13.0. The lowest BCUT2D eigenvalue weighted by atomic mass is 10.2. The lowest BCUT2D eigenvalue weighted by Gasteiger charge is -2.07. The number of H-pyrrole nitrogens is 1. The van der Waals surface area contributed by atoms with Crippen LogP contribution < -0.4 is 16.2 Å². The van der Waals surface area contributed by atoms with Crippen molar-refractivity contribution in [3.05, 3.63) is 69.7 Å². The third-order valence-electron chi connectivity index (χ3n) is 3.82. The molecule has 0 atom stereocenters. The van der Waals surface area contributed by atoms with E-state index in [4.69, 9.17) is 11.6 Å². The summed E-state index contributed by atoms with van der Waals surface area (Å²) in [7, 11) is 0. The van der Waals surface area contributed by atoms with Gasteiger partial charge in [-0.05, 0) is 36.4 Å². The molecule has 1 heterocycles. The standard InChI is InChI=1S/C19H17ClN4O3/c20-12-5-7-13(8-6-12)22-18(26)11-21-17(25)10-9-16-23-15-4-2-1-3-14(15)19(27)24-16/h1-8H,9-11H2,(H,21,25)(H,22,26)(H,23,24,27). The van der Waals surface area contributed by atoms with E-state index in [1.807, 2.05) is 0 Å². The Kier molecular flexibility index (Phi) is 5.83. The Morgan fingerprint density at radius 1 is 1.04 bits per heavy atom. The zero-order valence-corrected chi connectivity index (χ0v) is 15.0. The number of nitrogens with zero attached hydrogens (tertiary/aromatic N) is 1. The number of amides is 2. The van der Waals surface area contributed by atoms with Crippen molar-refractivity contribution in [3.63, 3.8) is 0 Å². The van der Waals surface area contributed by atoms with Crippen molar-refractivity contribution >= 4 is 40.0 Å². The summed E-state index contributed by atoms with van der Waals surface area (Å²) < 4.78 is 0. The molecule has 0 saturated heterocycles. The van der Waals surface area contributed by atoms with Gasteiger partial charge in [-0.3, -0.25) is 14.4 Å². The smallest absolute Gasteiger partial charge is 0.258 e.